The van der Waals surface area contributed by atoms with Crippen molar-refractivity contribution in [2.24, 2.45) is 0 Å². The maximum absolute atomic E-state index is 6.87. The van der Waals surface area contributed by atoms with Gasteiger partial charge in [0.15, 0.2) is 0 Å². The maximum Gasteiger partial charge on any atom is 0.326 e. The molecule has 5 aromatic rings. The van der Waals surface area contributed by atoms with Gasteiger partial charge in [0.1, 0.15) is 11.5 Å². The van der Waals surface area contributed by atoms with E-state index in [-0.39, 0.29) is 10.8 Å². The third-order valence-electron chi connectivity index (χ3n) is 7.26. The number of hydrogen-bond donors (Lipinski definition) is 0. The van der Waals surface area contributed by atoms with E-state index in [0.717, 1.165) is 22.4 Å². The smallest absolute Gasteiger partial charge is 0.326 e. The van der Waals surface area contributed by atoms with Crippen molar-refractivity contribution in [1.82, 2.24) is 0 Å². The van der Waals surface area contributed by atoms with E-state index in [1.807, 2.05) is 0 Å². The molecule has 2 nitrogen and oxygen atoms in total. The first kappa shape index (κ1) is 24.0. The Labute approximate surface area is 221 Å². The number of benzene rings is 5. The van der Waals surface area contributed by atoms with E-state index in [2.05, 4.69) is 133 Å². The lowest BCUT2D eigenvalue weighted by atomic mass is 9.80. The van der Waals surface area contributed by atoms with Gasteiger partial charge in [0.25, 0.3) is 0 Å². The molecule has 0 aliphatic carbocycles. The van der Waals surface area contributed by atoms with E-state index in [4.69, 9.17) is 9.05 Å². The minimum atomic E-state index is -1.38. The van der Waals surface area contributed by atoms with Gasteiger partial charge in [0.2, 0.25) is 0 Å². The predicted octanol–water partition coefficient (Wildman–Crippen LogP) is 9.66. The van der Waals surface area contributed by atoms with Crippen molar-refractivity contribution in [1.29, 1.82) is 0 Å². The number of rotatable bonds is 2. The van der Waals surface area contributed by atoms with Crippen LogP contribution in [0.5, 0.6) is 11.5 Å². The van der Waals surface area contributed by atoms with Gasteiger partial charge in [-0.1, -0.05) is 114 Å². The fourth-order valence-electron chi connectivity index (χ4n) is 5.22. The fraction of sp³-hybridized carbons (Fsp3) is 0.235. The molecular weight excluding hydrogens is 471 g/mol. The molecule has 1 aliphatic heterocycles. The Bertz CT molecular complexity index is 1650. The van der Waals surface area contributed by atoms with E-state index >= 15 is 0 Å². The second-order valence-electron chi connectivity index (χ2n) is 12.0. The topological polar surface area (TPSA) is 18.5 Å². The van der Waals surface area contributed by atoms with E-state index in [1.165, 1.54) is 38.2 Å². The summed E-state index contributed by atoms with van der Waals surface area (Å²) in [6.07, 6.45) is 0. The third-order valence-corrected chi connectivity index (χ3v) is 8.75. The average Bonchev–Trinajstić information content (AvgIpc) is 2.87. The molecule has 3 heteroatoms. The predicted molar refractivity (Wildman–Crippen MR) is 159 cm³/mol. The average molecular weight is 505 g/mol. The highest BCUT2D eigenvalue weighted by Gasteiger charge is 2.34. The van der Waals surface area contributed by atoms with Crippen molar-refractivity contribution in [2.45, 2.75) is 52.4 Å². The van der Waals surface area contributed by atoms with Crippen molar-refractivity contribution in [3.63, 3.8) is 0 Å². The van der Waals surface area contributed by atoms with Gasteiger partial charge in [-0.25, -0.2) is 0 Å². The Hall–Kier alpha value is -3.35. The van der Waals surface area contributed by atoms with Gasteiger partial charge in [-0.2, -0.15) is 0 Å². The summed E-state index contributed by atoms with van der Waals surface area (Å²) >= 11 is 0. The summed E-state index contributed by atoms with van der Waals surface area (Å²) in [5.74, 6) is 1.78. The van der Waals surface area contributed by atoms with E-state index in [1.54, 1.807) is 0 Å². The molecule has 0 aromatic heterocycles. The Balaban J connectivity index is 1.55. The highest BCUT2D eigenvalue weighted by atomic mass is 31.2. The van der Waals surface area contributed by atoms with Gasteiger partial charge in [0, 0.05) is 16.7 Å². The fourth-order valence-corrected chi connectivity index (χ4v) is 6.73. The molecule has 1 atom stereocenters. The van der Waals surface area contributed by atoms with Crippen LogP contribution < -0.4 is 14.4 Å². The minimum absolute atomic E-state index is 0.0662. The highest BCUT2D eigenvalue weighted by molar-refractivity contribution is 7.57. The largest absolute Gasteiger partial charge is 0.435 e. The van der Waals surface area contributed by atoms with Crippen LogP contribution in [-0.2, 0) is 10.8 Å². The lowest BCUT2D eigenvalue weighted by molar-refractivity contribution is 0.479. The van der Waals surface area contributed by atoms with Crippen LogP contribution in [0.25, 0.3) is 32.7 Å². The quantitative estimate of drug-likeness (QED) is 0.223. The molecular formula is C34H33O2P. The van der Waals surface area contributed by atoms with E-state index < -0.39 is 8.38 Å². The van der Waals surface area contributed by atoms with Gasteiger partial charge in [-0.15, -0.1) is 0 Å². The molecule has 1 unspecified atom stereocenters. The first-order valence-corrected chi connectivity index (χ1v) is 14.1. The lowest BCUT2D eigenvalue weighted by Gasteiger charge is -2.32. The summed E-state index contributed by atoms with van der Waals surface area (Å²) < 4.78 is 13.6. The molecule has 0 amide bonds. The standard InChI is InChI=1S/C34H33O2P/c1-33(2,3)24-17-19-28(27(21-24)34(4,5)6)35-37-30-20-16-23-12-8-10-14-26(23)32(30)31-25-13-9-7-11-22(25)15-18-29(31)36-37/h7-21H,1-6H3. The van der Waals surface area contributed by atoms with Crippen LogP contribution in [0.15, 0.2) is 91.0 Å². The van der Waals surface area contributed by atoms with Gasteiger partial charge in [-0.05, 0) is 56.1 Å². The van der Waals surface area contributed by atoms with Crippen LogP contribution in [0.3, 0.4) is 0 Å². The van der Waals surface area contributed by atoms with Crippen molar-refractivity contribution < 1.29 is 9.05 Å². The van der Waals surface area contributed by atoms with Crippen LogP contribution in [0.1, 0.15) is 52.7 Å². The zero-order chi connectivity index (χ0) is 25.9. The zero-order valence-electron chi connectivity index (χ0n) is 22.4. The zero-order valence-corrected chi connectivity index (χ0v) is 23.3. The minimum Gasteiger partial charge on any atom is -0.435 e. The molecule has 0 spiro atoms. The molecule has 37 heavy (non-hydrogen) atoms. The van der Waals surface area contributed by atoms with Gasteiger partial charge in [-0.3, -0.25) is 0 Å². The SMILES string of the molecule is CC(C)(C)c1ccc(OP2Oc3ccc4ccccc4c3-c3c2ccc2ccccc32)c(C(C)(C)C)c1. The normalized spacial score (nSPS) is 15.2. The van der Waals surface area contributed by atoms with Crippen molar-refractivity contribution in [3.05, 3.63) is 102 Å². The van der Waals surface area contributed by atoms with Crippen LogP contribution in [0.2, 0.25) is 0 Å². The van der Waals surface area contributed by atoms with Gasteiger partial charge in [0.05, 0.1) is 5.30 Å². The summed E-state index contributed by atoms with van der Waals surface area (Å²) in [4.78, 5) is 0. The second kappa shape index (κ2) is 8.61. The van der Waals surface area contributed by atoms with Crippen LogP contribution in [0, 0.1) is 0 Å². The molecule has 1 aliphatic rings. The number of fused-ring (bicyclic) bond motifs is 7. The van der Waals surface area contributed by atoms with Crippen LogP contribution >= 0.6 is 8.38 Å². The molecule has 0 bridgehead atoms. The maximum atomic E-state index is 6.87. The third kappa shape index (κ3) is 4.18. The summed E-state index contributed by atoms with van der Waals surface area (Å²) in [5.41, 5.74) is 4.90. The van der Waals surface area contributed by atoms with E-state index in [0.29, 0.717) is 0 Å². The molecule has 6 rings (SSSR count). The highest BCUT2D eigenvalue weighted by Crippen LogP contribution is 2.54. The summed E-state index contributed by atoms with van der Waals surface area (Å²) in [6.45, 7) is 13.5. The first-order valence-electron chi connectivity index (χ1n) is 13.0. The second-order valence-corrected chi connectivity index (χ2v) is 13.4. The monoisotopic (exact) mass is 504 g/mol. The van der Waals surface area contributed by atoms with Crippen molar-refractivity contribution >= 4 is 35.2 Å². The van der Waals surface area contributed by atoms with Gasteiger partial charge < -0.3 is 9.05 Å². The molecule has 0 N–H and O–H groups in total. The Morgan fingerprint density at radius 1 is 0.622 bits per heavy atom. The van der Waals surface area contributed by atoms with E-state index in [9.17, 15) is 0 Å². The Morgan fingerprint density at radius 3 is 1.89 bits per heavy atom. The first-order chi connectivity index (χ1) is 17.6. The molecule has 5 aromatic carbocycles. The van der Waals surface area contributed by atoms with Crippen molar-refractivity contribution in [2.75, 3.05) is 0 Å². The van der Waals surface area contributed by atoms with Crippen LogP contribution in [-0.4, -0.2) is 0 Å². The van der Waals surface area contributed by atoms with Crippen molar-refractivity contribution in [3.8, 4) is 22.6 Å². The summed E-state index contributed by atoms with van der Waals surface area (Å²) in [6, 6.07) is 32.5. The molecule has 1 heterocycles. The molecule has 0 saturated carbocycles. The Kier molecular flexibility index (Phi) is 5.58. The van der Waals surface area contributed by atoms with Gasteiger partial charge >= 0.3 is 8.38 Å². The molecule has 0 radical (unpaired) electrons. The summed E-state index contributed by atoms with van der Waals surface area (Å²) in [7, 11) is -1.38. The lowest BCUT2D eigenvalue weighted by Crippen LogP contribution is -2.21. The molecule has 0 saturated heterocycles. The Morgan fingerprint density at radius 2 is 1.24 bits per heavy atom. The summed E-state index contributed by atoms with van der Waals surface area (Å²) in [5, 5.41) is 6.00. The number of hydrogen-bond acceptors (Lipinski definition) is 2. The van der Waals surface area contributed by atoms with Crippen LogP contribution in [0.4, 0.5) is 0 Å². The molecule has 186 valence electrons. The molecule has 0 fully saturated rings.